The number of carboxylic acids is 4. The maximum atomic E-state index is 15.4. The molecule has 80 heavy (non-hydrogen) atoms. The summed E-state index contributed by atoms with van der Waals surface area (Å²) >= 11 is 0. The van der Waals surface area contributed by atoms with E-state index >= 15 is 4.79 Å². The fourth-order valence-electron chi connectivity index (χ4n) is 13.9. The maximum Gasteiger partial charge on any atom is 0.335 e. The molecule has 6 aliphatic rings. The highest BCUT2D eigenvalue weighted by Gasteiger charge is 2.78. The number of rotatable bonds is 15. The van der Waals surface area contributed by atoms with Gasteiger partial charge in [0.15, 0.2) is 24.4 Å². The minimum Gasteiger partial charge on any atom is -0.496 e. The fourth-order valence-corrected chi connectivity index (χ4v) is 13.9. The number of nitrogens with one attached hydrogen (secondary N) is 2. The molecule has 2 aromatic carbocycles. The minimum atomic E-state index is -2.27. The first-order chi connectivity index (χ1) is 37.8. The smallest absolute Gasteiger partial charge is 0.335 e. The number of nitrogens with zero attached hydrogens (tertiary/aromatic N) is 3. The van der Waals surface area contributed by atoms with Crippen LogP contribution < -0.4 is 15.0 Å². The molecule has 1 aliphatic carbocycles. The van der Waals surface area contributed by atoms with Crippen LogP contribution >= 0.6 is 0 Å². The summed E-state index contributed by atoms with van der Waals surface area (Å²) < 4.78 is 18.8. The molecule has 1 saturated heterocycles. The number of methoxy groups -OCH3 is 2. The van der Waals surface area contributed by atoms with E-state index in [4.69, 9.17) is 55.1 Å². The molecule has 2 fully saturated rings. The van der Waals surface area contributed by atoms with Crippen LogP contribution in [0.2, 0.25) is 0 Å². The first-order valence-corrected chi connectivity index (χ1v) is 26.6. The molecule has 6 heterocycles. The highest BCUT2D eigenvalue weighted by Crippen LogP contribution is 2.68. The van der Waals surface area contributed by atoms with Crippen LogP contribution in [0.3, 0.4) is 0 Å². The van der Waals surface area contributed by atoms with Gasteiger partial charge >= 0.3 is 35.8 Å². The summed E-state index contributed by atoms with van der Waals surface area (Å²) in [4.78, 5) is 91.6. The van der Waals surface area contributed by atoms with Crippen molar-refractivity contribution in [3.05, 3.63) is 82.6 Å². The largest absolute Gasteiger partial charge is 0.496 e. The summed E-state index contributed by atoms with van der Waals surface area (Å²) in [6, 6.07) is 11.8. The number of anilines is 1. The molecule has 2 bridgehead atoms. The number of carbonyl (C=O) groups is 7. The molecule has 13 atom stereocenters. The van der Waals surface area contributed by atoms with Gasteiger partial charge in [-0.25, -0.2) is 19.2 Å². The van der Waals surface area contributed by atoms with E-state index in [0.717, 1.165) is 84.5 Å². The maximum absolute atomic E-state index is 15.4. The number of amides is 1. The lowest BCUT2D eigenvalue weighted by atomic mass is 9.47. The molecule has 11 N–H and O–H groups in total. The molecule has 24 nitrogen and oxygen atoms in total. The Hall–Kier alpha value is -6.93. The van der Waals surface area contributed by atoms with Gasteiger partial charge in [-0.05, 0) is 67.8 Å². The number of H-pyrrole nitrogens is 1. The van der Waals surface area contributed by atoms with Crippen LogP contribution in [0.4, 0.5) is 5.69 Å². The lowest BCUT2D eigenvalue weighted by molar-refractivity contribution is -0.217. The first kappa shape index (κ1) is 60.7. The molecule has 3 aromatic rings. The Morgan fingerprint density at radius 3 is 2.02 bits per heavy atom. The van der Waals surface area contributed by atoms with Gasteiger partial charge in [-0.2, -0.15) is 0 Å². The number of aliphatic carboxylic acids is 4. The molecule has 1 spiro atoms. The van der Waals surface area contributed by atoms with Crippen LogP contribution in [0, 0.1) is 11.3 Å². The number of aliphatic hydroxyl groups excluding tert-OH is 4. The average Bonchev–Trinajstić information content (AvgIpc) is 2.35. The van der Waals surface area contributed by atoms with Crippen molar-refractivity contribution in [3.63, 3.8) is 0 Å². The molecule has 9 rings (SSSR count). The Kier molecular flexibility index (Phi) is 17.9. The quantitative estimate of drug-likeness (QED) is 0.0744. The van der Waals surface area contributed by atoms with E-state index in [2.05, 4.69) is 87.4 Å². The lowest BCUT2D eigenvalue weighted by Gasteiger charge is -2.64. The van der Waals surface area contributed by atoms with Crippen LogP contribution in [-0.2, 0) is 60.3 Å². The number of para-hydroxylation sites is 1. The zero-order valence-corrected chi connectivity index (χ0v) is 45.7. The number of ether oxygens (including phenoxy) is 3. The van der Waals surface area contributed by atoms with Crippen LogP contribution in [-0.4, -0.2) is 211 Å². The number of aromatic nitrogens is 1. The Balaban J connectivity index is 0.000000393. The predicted octanol–water partition coefficient (Wildman–Crippen LogP) is 0.904. The van der Waals surface area contributed by atoms with Crippen molar-refractivity contribution in [1.29, 1.82) is 0 Å². The number of aromatic amines is 1. The van der Waals surface area contributed by atoms with Gasteiger partial charge in [-0.1, -0.05) is 62.8 Å². The summed E-state index contributed by atoms with van der Waals surface area (Å²) in [5.41, 5.74) is 2.35. The number of aliphatic hydroxyl groups is 5. The number of esters is 2. The summed E-state index contributed by atoms with van der Waals surface area (Å²) in [7, 11) is 5.14. The highest BCUT2D eigenvalue weighted by molar-refractivity contribution is 5.94. The zero-order valence-electron chi connectivity index (χ0n) is 45.7. The van der Waals surface area contributed by atoms with Gasteiger partial charge in [0, 0.05) is 97.4 Å². The van der Waals surface area contributed by atoms with Crippen molar-refractivity contribution in [2.45, 2.75) is 125 Å². The van der Waals surface area contributed by atoms with Crippen molar-refractivity contribution in [1.82, 2.24) is 20.1 Å². The Morgan fingerprint density at radius 1 is 0.850 bits per heavy atom. The monoisotopic (exact) mass is 1120 g/mol. The molecule has 24 heteroatoms. The number of fused-ring (bicyclic) bond motifs is 6. The molecular weight excluding hydrogens is 1050 g/mol. The number of likely N-dealkylation sites (N-methyl/N-ethyl adjacent to an activating group) is 1. The number of benzene rings is 2. The van der Waals surface area contributed by atoms with Crippen molar-refractivity contribution in [3.8, 4) is 5.75 Å². The molecule has 5 unspecified atom stereocenters. The topological polar surface area (TPSA) is 367 Å². The number of carbonyl (C=O) groups excluding carboxylic acids is 3. The van der Waals surface area contributed by atoms with Gasteiger partial charge in [0.25, 0.3) is 0 Å². The lowest BCUT2D eigenvalue weighted by Crippen LogP contribution is -2.81. The van der Waals surface area contributed by atoms with E-state index < -0.39 is 88.3 Å². The van der Waals surface area contributed by atoms with Gasteiger partial charge in [-0.3, -0.25) is 24.2 Å². The van der Waals surface area contributed by atoms with Crippen LogP contribution in [0.15, 0.2) is 60.2 Å². The van der Waals surface area contributed by atoms with Gasteiger partial charge in [0.2, 0.25) is 5.91 Å². The molecule has 1 amide bonds. The second-order valence-electron chi connectivity index (χ2n) is 21.4. The SMILES string of the molecule is CCC(=O)NC[C@@]1(O)[C@H](OC(C)=O)[C@]2(CC)C=CCN3CC[C@@]4(c5cc([C@@]6(C(=O)OC)C[C@@H]7C=C(CC)CN(CCc8c6[nH]c6ccccc86)C7)c(OC)cc5N(C)[C@@H]14)[C@@H]32.O=C(O)C(O)C(O)C(=O)O.O=C(O)C(O)C(O)C(=O)O. The van der Waals surface area contributed by atoms with Crippen molar-refractivity contribution in [2.75, 3.05) is 65.4 Å². The third-order valence-electron chi connectivity index (χ3n) is 17.2. The molecule has 1 saturated carbocycles. The van der Waals surface area contributed by atoms with Crippen molar-refractivity contribution < 1.29 is 93.7 Å². The van der Waals surface area contributed by atoms with Gasteiger partial charge < -0.3 is 75.4 Å². The van der Waals surface area contributed by atoms with E-state index in [0.29, 0.717) is 25.0 Å². The van der Waals surface area contributed by atoms with Crippen molar-refractivity contribution >= 4 is 58.3 Å². The Labute approximate surface area is 461 Å². The number of hydrogen-bond donors (Lipinski definition) is 11. The van der Waals surface area contributed by atoms with Crippen LogP contribution in [0.25, 0.3) is 10.9 Å². The van der Waals surface area contributed by atoms with Gasteiger partial charge in [0.05, 0.1) is 26.8 Å². The molecule has 436 valence electrons. The minimum absolute atomic E-state index is 0.0429. The highest BCUT2D eigenvalue weighted by atomic mass is 16.6. The fraction of sp³-hybridized carbons (Fsp3) is 0.554. The zero-order chi connectivity index (χ0) is 59.0. The third-order valence-corrected chi connectivity index (χ3v) is 17.2. The summed E-state index contributed by atoms with van der Waals surface area (Å²) in [6.07, 6.45) is 0.355. The molecular formula is C56H73N5O19. The van der Waals surface area contributed by atoms with E-state index in [1.165, 1.54) is 19.6 Å². The summed E-state index contributed by atoms with van der Waals surface area (Å²) in [6.45, 7) is 11.4. The van der Waals surface area contributed by atoms with Gasteiger partial charge in [-0.15, -0.1) is 0 Å². The third kappa shape index (κ3) is 10.3. The standard InChI is InChI=1S/C48H61N5O7.2C4H6O6/c1-8-30-22-31-25-47(44(56)59-7,40-33(16-20-52(26-30)27-31)32-14-11-12-15-36(32)50-40)35-23-34-37(24-38(35)58-6)51(5)42-46(34)18-21-53-19-13-17-45(10-3,41(46)53)43(60-29(4)54)48(42,57)28-49-39(55)9-2;2*5-1(3(7)8)2(6)4(9)10/h11-15,17,22-24,31,41-43,50,57H,8-10,16,18-21,25-28H2,1-7H3,(H,49,55);2*1-2,5-6H,(H,7,8)(H,9,10)/t31-,41-,42+,43+,45+,46+,47-,48-;;/m0../s1. The first-order valence-electron chi connectivity index (χ1n) is 26.6. The number of hydrogen-bond acceptors (Lipinski definition) is 18. The van der Waals surface area contributed by atoms with Crippen molar-refractivity contribution in [2.24, 2.45) is 11.3 Å². The van der Waals surface area contributed by atoms with Crippen LogP contribution in [0.5, 0.6) is 5.75 Å². The van der Waals surface area contributed by atoms with E-state index in [1.807, 2.05) is 13.1 Å². The van der Waals surface area contributed by atoms with Crippen LogP contribution in [0.1, 0.15) is 82.2 Å². The normalized spacial score (nSPS) is 29.4. The number of carboxylic acid groups (broad SMARTS) is 4. The molecule has 5 aliphatic heterocycles. The predicted molar refractivity (Wildman–Crippen MR) is 285 cm³/mol. The van der Waals surface area contributed by atoms with E-state index in [-0.39, 0.29) is 36.8 Å². The Bertz CT molecular complexity index is 2890. The molecule has 1 aromatic heterocycles. The second-order valence-corrected chi connectivity index (χ2v) is 21.4. The Morgan fingerprint density at radius 2 is 1.48 bits per heavy atom. The molecule has 0 radical (unpaired) electrons. The second kappa shape index (κ2) is 23.6. The summed E-state index contributed by atoms with van der Waals surface area (Å²) in [5, 5.41) is 82.8. The summed E-state index contributed by atoms with van der Waals surface area (Å²) in [5.74, 6) is -7.51. The van der Waals surface area contributed by atoms with E-state index in [9.17, 15) is 33.9 Å². The average molecular weight is 1120 g/mol. The van der Waals surface area contributed by atoms with Gasteiger partial charge in [0.1, 0.15) is 22.9 Å². The van der Waals surface area contributed by atoms with E-state index in [1.54, 1.807) is 14.0 Å².